The summed E-state index contributed by atoms with van der Waals surface area (Å²) >= 11 is 0. The number of nitrogens with zero attached hydrogens (tertiary/aromatic N) is 1. The lowest BCUT2D eigenvalue weighted by molar-refractivity contribution is -0.870. The number of phosphoric ester groups is 1. The van der Waals surface area contributed by atoms with E-state index in [1.54, 1.807) is 6.08 Å². The van der Waals surface area contributed by atoms with Gasteiger partial charge in [0, 0.05) is 6.42 Å². The van der Waals surface area contributed by atoms with E-state index < -0.39 is 20.0 Å². The van der Waals surface area contributed by atoms with Crippen LogP contribution in [-0.2, 0) is 18.4 Å². The second-order valence-corrected chi connectivity index (χ2v) is 22.8. The summed E-state index contributed by atoms with van der Waals surface area (Å²) < 4.78 is 23.7. The average Bonchev–Trinajstić information content (AvgIpc) is 3.29. The van der Waals surface area contributed by atoms with E-state index in [0.29, 0.717) is 17.4 Å². The van der Waals surface area contributed by atoms with Gasteiger partial charge >= 0.3 is 7.82 Å². The average molecular weight is 969 g/mol. The van der Waals surface area contributed by atoms with Crippen molar-refractivity contribution in [3.8, 4) is 0 Å². The van der Waals surface area contributed by atoms with Crippen LogP contribution in [0.2, 0.25) is 0 Å². The zero-order valence-corrected chi connectivity index (χ0v) is 46.3. The summed E-state index contributed by atoms with van der Waals surface area (Å²) in [4.78, 5) is 23.3. The molecule has 0 aliphatic rings. The van der Waals surface area contributed by atoms with Gasteiger partial charge in [-0.1, -0.05) is 263 Å². The minimum Gasteiger partial charge on any atom is -0.387 e. The molecular weight excluding hydrogens is 852 g/mol. The van der Waals surface area contributed by atoms with Crippen molar-refractivity contribution in [2.45, 2.75) is 302 Å². The first-order valence-corrected chi connectivity index (χ1v) is 30.7. The van der Waals surface area contributed by atoms with Crippen LogP contribution in [0.25, 0.3) is 0 Å². The molecule has 0 heterocycles. The minimum atomic E-state index is -4.35. The molecule has 0 saturated carbocycles. The lowest BCUT2D eigenvalue weighted by atomic mass is 10.0. The van der Waals surface area contributed by atoms with Crippen molar-refractivity contribution in [1.29, 1.82) is 0 Å². The number of phosphoric acid groups is 1. The van der Waals surface area contributed by atoms with Crippen LogP contribution in [0.3, 0.4) is 0 Å². The molecule has 8 nitrogen and oxygen atoms in total. The molecule has 0 radical (unpaired) electrons. The van der Waals surface area contributed by atoms with Crippen molar-refractivity contribution in [1.82, 2.24) is 5.32 Å². The Kier molecular flexibility index (Phi) is 49.2. The molecule has 0 aromatic carbocycles. The molecule has 3 N–H and O–H groups in total. The quantitative estimate of drug-likeness (QED) is 0.0243. The number of nitrogens with one attached hydrogen (secondary N) is 1. The lowest BCUT2D eigenvalue weighted by Gasteiger charge is -2.25. The van der Waals surface area contributed by atoms with Gasteiger partial charge in [0.05, 0.1) is 39.9 Å². The fourth-order valence-electron chi connectivity index (χ4n) is 8.80. The highest BCUT2D eigenvalue weighted by molar-refractivity contribution is 7.47. The lowest BCUT2D eigenvalue weighted by Crippen LogP contribution is -2.45. The molecular formula is C58H116N2O6P+. The Morgan fingerprint density at radius 1 is 0.493 bits per heavy atom. The van der Waals surface area contributed by atoms with E-state index in [1.807, 2.05) is 27.2 Å². The summed E-state index contributed by atoms with van der Waals surface area (Å²) in [5.74, 6) is -0.177. The van der Waals surface area contributed by atoms with Crippen LogP contribution in [0.5, 0.6) is 0 Å². The number of rotatable bonds is 54. The van der Waals surface area contributed by atoms with Gasteiger partial charge in [-0.05, 0) is 44.9 Å². The number of carbonyl (C=O) groups is 1. The van der Waals surface area contributed by atoms with E-state index in [0.717, 1.165) is 38.5 Å². The number of allylic oxidation sites excluding steroid dienone is 3. The molecule has 0 aromatic rings. The van der Waals surface area contributed by atoms with Gasteiger partial charge in [0.1, 0.15) is 13.2 Å². The molecule has 1 amide bonds. The third-order valence-electron chi connectivity index (χ3n) is 13.4. The zero-order valence-electron chi connectivity index (χ0n) is 45.4. The number of aliphatic hydroxyl groups excluding tert-OH is 1. The number of aliphatic hydroxyl groups is 1. The third kappa shape index (κ3) is 52.6. The van der Waals surface area contributed by atoms with Gasteiger partial charge in [0.25, 0.3) is 0 Å². The van der Waals surface area contributed by atoms with Crippen LogP contribution in [0.15, 0.2) is 24.3 Å². The summed E-state index contributed by atoms with van der Waals surface area (Å²) in [7, 11) is 1.58. The Balaban J connectivity index is 4.21. The van der Waals surface area contributed by atoms with E-state index in [9.17, 15) is 19.4 Å². The van der Waals surface area contributed by atoms with E-state index in [2.05, 4.69) is 31.3 Å². The van der Waals surface area contributed by atoms with Gasteiger partial charge in [-0.15, -0.1) is 0 Å². The molecule has 9 heteroatoms. The Bertz CT molecular complexity index is 1140. The summed E-state index contributed by atoms with van der Waals surface area (Å²) in [6, 6.07) is -0.847. The molecule has 0 aliphatic heterocycles. The van der Waals surface area contributed by atoms with Crippen molar-refractivity contribution in [2.75, 3.05) is 40.9 Å². The normalized spacial score (nSPS) is 14.1. The van der Waals surface area contributed by atoms with Crippen LogP contribution in [0, 0.1) is 0 Å². The number of likely N-dealkylation sites (N-methyl/N-ethyl adjacent to an activating group) is 1. The number of unbranched alkanes of at least 4 members (excludes halogenated alkanes) is 39. The first kappa shape index (κ1) is 66.0. The molecule has 0 spiro atoms. The molecule has 0 fully saturated rings. The maximum Gasteiger partial charge on any atom is 0.472 e. The van der Waals surface area contributed by atoms with Crippen molar-refractivity contribution in [2.24, 2.45) is 0 Å². The van der Waals surface area contributed by atoms with E-state index in [-0.39, 0.29) is 19.1 Å². The first-order chi connectivity index (χ1) is 32.5. The number of amides is 1. The van der Waals surface area contributed by atoms with Crippen LogP contribution in [-0.4, -0.2) is 73.4 Å². The number of carbonyl (C=O) groups excluding carboxylic acids is 1. The smallest absolute Gasteiger partial charge is 0.387 e. The Labute approximate surface area is 417 Å². The monoisotopic (exact) mass is 968 g/mol. The molecule has 398 valence electrons. The molecule has 3 atom stereocenters. The standard InChI is InChI=1S/C58H115N2O6P/c1-6-8-10-12-14-16-18-20-22-24-26-28-30-31-33-35-37-39-41-43-45-47-49-51-57(61)56(55-66-67(63,64)65-54-53-60(3,4)5)59-58(62)52-50-48-46-44-42-40-38-36-34-32-29-27-25-23-21-19-17-15-13-11-9-7-2/h32,34,49,51,56-57,61H,6-31,33,35-48,50,52-55H2,1-5H3,(H-,59,62,63,64)/p+1/b34-32-,51-49+. The third-order valence-corrected chi connectivity index (χ3v) is 14.4. The second kappa shape index (κ2) is 49.9. The highest BCUT2D eigenvalue weighted by Crippen LogP contribution is 2.43. The zero-order chi connectivity index (χ0) is 49.2. The number of hydrogen-bond donors (Lipinski definition) is 3. The summed E-state index contributed by atoms with van der Waals surface area (Å²) in [6.07, 6.45) is 62.8. The number of quaternary nitrogens is 1. The van der Waals surface area contributed by atoms with Gasteiger partial charge in [0.2, 0.25) is 5.91 Å². The molecule has 0 bridgehead atoms. The second-order valence-electron chi connectivity index (χ2n) is 21.4. The van der Waals surface area contributed by atoms with Crippen molar-refractivity contribution in [3.63, 3.8) is 0 Å². The van der Waals surface area contributed by atoms with Crippen molar-refractivity contribution in [3.05, 3.63) is 24.3 Å². The van der Waals surface area contributed by atoms with Crippen molar-refractivity contribution >= 4 is 13.7 Å². The minimum absolute atomic E-state index is 0.0623. The van der Waals surface area contributed by atoms with Crippen molar-refractivity contribution < 1.29 is 32.9 Å². The maximum atomic E-state index is 13.0. The van der Waals surface area contributed by atoms with E-state index >= 15 is 0 Å². The molecule has 0 aromatic heterocycles. The Morgan fingerprint density at radius 2 is 0.806 bits per heavy atom. The van der Waals surface area contributed by atoms with E-state index in [1.165, 1.54) is 231 Å². The van der Waals surface area contributed by atoms with Crippen LogP contribution < -0.4 is 5.32 Å². The number of hydrogen-bond acceptors (Lipinski definition) is 5. The topological polar surface area (TPSA) is 105 Å². The predicted octanol–water partition coefficient (Wildman–Crippen LogP) is 17.6. The Hall–Kier alpha value is -1.02. The molecule has 67 heavy (non-hydrogen) atoms. The van der Waals surface area contributed by atoms with Gasteiger partial charge in [0.15, 0.2) is 0 Å². The van der Waals surface area contributed by atoms with E-state index in [4.69, 9.17) is 9.05 Å². The summed E-state index contributed by atoms with van der Waals surface area (Å²) in [6.45, 7) is 4.86. The maximum absolute atomic E-state index is 13.0. The van der Waals surface area contributed by atoms with Crippen LogP contribution >= 0.6 is 7.82 Å². The van der Waals surface area contributed by atoms with Gasteiger partial charge in [-0.2, -0.15) is 0 Å². The molecule has 0 saturated heterocycles. The fourth-order valence-corrected chi connectivity index (χ4v) is 9.54. The first-order valence-electron chi connectivity index (χ1n) is 29.2. The van der Waals surface area contributed by atoms with Crippen LogP contribution in [0.4, 0.5) is 0 Å². The SMILES string of the molecule is CCCCCCCCCCCCC/C=C\CCCCCCCCCC(=O)NC(COP(=O)(O)OCC[N+](C)(C)C)C(O)/C=C/CCCCCCCCCCCCCCCCCCCCCCC. The van der Waals surface area contributed by atoms with Gasteiger partial charge < -0.3 is 19.8 Å². The highest BCUT2D eigenvalue weighted by atomic mass is 31.2. The fraction of sp³-hybridized carbons (Fsp3) is 0.914. The Morgan fingerprint density at radius 3 is 1.15 bits per heavy atom. The molecule has 0 aliphatic carbocycles. The van der Waals surface area contributed by atoms with Crippen LogP contribution in [0.1, 0.15) is 290 Å². The van der Waals surface area contributed by atoms with Gasteiger partial charge in [-0.25, -0.2) is 4.57 Å². The molecule has 0 rings (SSSR count). The molecule has 3 unspecified atom stereocenters. The van der Waals surface area contributed by atoms with Gasteiger partial charge in [-0.3, -0.25) is 13.8 Å². The largest absolute Gasteiger partial charge is 0.472 e. The summed E-state index contributed by atoms with van der Waals surface area (Å²) in [5.41, 5.74) is 0. The highest BCUT2D eigenvalue weighted by Gasteiger charge is 2.27. The predicted molar refractivity (Wildman–Crippen MR) is 291 cm³/mol. The summed E-state index contributed by atoms with van der Waals surface area (Å²) in [5, 5.41) is 13.9.